The number of esters is 1. The Morgan fingerprint density at radius 2 is 1.89 bits per heavy atom. The first-order valence-electron chi connectivity index (χ1n) is 12.6. The van der Waals surface area contributed by atoms with E-state index in [0.29, 0.717) is 41.4 Å². The van der Waals surface area contributed by atoms with Crippen LogP contribution in [0.1, 0.15) is 70.8 Å². The van der Waals surface area contributed by atoms with E-state index in [2.05, 4.69) is 33.6 Å². The molecule has 2 N–H and O–H groups in total. The number of carbonyl (C=O) groups excluding carboxylic acids is 1. The Balaban J connectivity index is 2.03. The summed E-state index contributed by atoms with van der Waals surface area (Å²) in [6.07, 6.45) is 2.07. The third-order valence-electron chi connectivity index (χ3n) is 6.02. The molecule has 0 aliphatic heterocycles. The van der Waals surface area contributed by atoms with Crippen LogP contribution in [-0.2, 0) is 19.6 Å². The van der Waals surface area contributed by atoms with Gasteiger partial charge >= 0.3 is 5.97 Å². The number of H-pyrrole nitrogens is 1. The van der Waals surface area contributed by atoms with E-state index in [1.165, 1.54) is 18.2 Å². The molecule has 0 unspecified atom stereocenters. The van der Waals surface area contributed by atoms with Gasteiger partial charge in [0, 0.05) is 18.9 Å². The minimum Gasteiger partial charge on any atom is -0.493 e. The minimum atomic E-state index is -3.91. The molecule has 0 fully saturated rings. The summed E-state index contributed by atoms with van der Waals surface area (Å²) in [6.45, 7) is 10.1. The molecule has 0 atom stereocenters. The highest BCUT2D eigenvalue weighted by molar-refractivity contribution is 7.89. The van der Waals surface area contributed by atoms with Gasteiger partial charge in [0.25, 0.3) is 5.56 Å². The molecule has 3 rings (SSSR count). The van der Waals surface area contributed by atoms with Crippen molar-refractivity contribution in [3.05, 3.63) is 40.1 Å². The predicted octanol–water partition coefficient (Wildman–Crippen LogP) is 3.32. The van der Waals surface area contributed by atoms with E-state index in [-0.39, 0.29) is 47.7 Å². The summed E-state index contributed by atoms with van der Waals surface area (Å²) in [4.78, 5) is 32.0. The first-order valence-corrected chi connectivity index (χ1v) is 14.1. The number of fused-ring (bicyclic) bond motifs is 1. The average Bonchev–Trinajstić information content (AvgIpc) is 3.19. The number of aromatic amines is 1. The number of rotatable bonds is 13. The summed E-state index contributed by atoms with van der Waals surface area (Å²) in [5.41, 5.74) is 0.892. The number of benzene rings is 1. The number of ether oxygens (including phenoxy) is 2. The van der Waals surface area contributed by atoms with Gasteiger partial charge in [0.1, 0.15) is 11.6 Å². The van der Waals surface area contributed by atoms with E-state index in [1.54, 1.807) is 18.4 Å². The zero-order chi connectivity index (χ0) is 27.2. The molecular formula is C25H35N5O6S. The zero-order valence-electron chi connectivity index (χ0n) is 22.0. The summed E-state index contributed by atoms with van der Waals surface area (Å²) in [6, 6.07) is 4.39. The normalized spacial score (nSPS) is 11.8. The van der Waals surface area contributed by atoms with Gasteiger partial charge in [-0.15, -0.1) is 5.10 Å². The summed E-state index contributed by atoms with van der Waals surface area (Å²) in [5.74, 6) is 0.977. The second kappa shape index (κ2) is 12.3. The Bertz CT molecular complexity index is 1410. The Hall–Kier alpha value is -3.25. The molecule has 11 nitrogen and oxygen atoms in total. The molecule has 1 aromatic carbocycles. The van der Waals surface area contributed by atoms with Gasteiger partial charge in [0.2, 0.25) is 10.0 Å². The molecule has 0 amide bonds. The molecule has 37 heavy (non-hydrogen) atoms. The first kappa shape index (κ1) is 28.3. The molecule has 0 saturated heterocycles. The third-order valence-corrected chi connectivity index (χ3v) is 7.48. The van der Waals surface area contributed by atoms with Crippen molar-refractivity contribution < 1.29 is 22.7 Å². The van der Waals surface area contributed by atoms with Crippen LogP contribution < -0.4 is 15.0 Å². The topological polar surface area (TPSA) is 145 Å². The van der Waals surface area contributed by atoms with Gasteiger partial charge in [-0.3, -0.25) is 9.59 Å². The van der Waals surface area contributed by atoms with Gasteiger partial charge in [-0.1, -0.05) is 13.8 Å². The van der Waals surface area contributed by atoms with Crippen LogP contribution in [0, 0.1) is 6.92 Å². The number of carbonyl (C=O) groups is 1. The van der Waals surface area contributed by atoms with Crippen molar-refractivity contribution >= 4 is 21.5 Å². The van der Waals surface area contributed by atoms with Crippen LogP contribution in [-0.4, -0.2) is 53.7 Å². The second-order valence-electron chi connectivity index (χ2n) is 8.53. The highest BCUT2D eigenvalue weighted by atomic mass is 32.2. The Morgan fingerprint density at radius 1 is 1.16 bits per heavy atom. The van der Waals surface area contributed by atoms with Crippen molar-refractivity contribution in [1.29, 1.82) is 0 Å². The minimum absolute atomic E-state index is 0.0214. The monoisotopic (exact) mass is 533 g/mol. The van der Waals surface area contributed by atoms with Crippen molar-refractivity contribution in [3.8, 4) is 17.1 Å². The molecule has 12 heteroatoms. The van der Waals surface area contributed by atoms with Crippen LogP contribution in [0.2, 0.25) is 0 Å². The molecular weight excluding hydrogens is 498 g/mol. The van der Waals surface area contributed by atoms with Gasteiger partial charge in [0.05, 0.1) is 29.4 Å². The summed E-state index contributed by atoms with van der Waals surface area (Å²) in [5, 5.41) is 4.67. The van der Waals surface area contributed by atoms with E-state index in [4.69, 9.17) is 9.47 Å². The lowest BCUT2D eigenvalue weighted by atomic mass is 10.0. The summed E-state index contributed by atoms with van der Waals surface area (Å²) in [7, 11) is -3.91. The number of sulfonamides is 1. The van der Waals surface area contributed by atoms with Crippen molar-refractivity contribution in [2.75, 3.05) is 19.8 Å². The largest absolute Gasteiger partial charge is 0.493 e. The molecule has 202 valence electrons. The molecule has 0 radical (unpaired) electrons. The number of imidazole rings is 1. The molecule has 0 spiro atoms. The van der Waals surface area contributed by atoms with Crippen molar-refractivity contribution in [2.24, 2.45) is 0 Å². The smallest absolute Gasteiger partial charge is 0.305 e. The standard InChI is InChI=1S/C25H35N5O6S/c1-6-17(7-2)24-27-16(5)22-25(32)28-23(29-30(22)24)19-15-18(12-13-20(19)35-8-3)37(33,34)26-14-10-11-21(31)36-9-4/h12-13,15,17,26H,6-11,14H2,1-5H3,(H,28,29,32). The van der Waals surface area contributed by atoms with E-state index in [9.17, 15) is 18.0 Å². The molecule has 0 saturated carbocycles. The molecule has 2 aromatic heterocycles. The van der Waals surface area contributed by atoms with Crippen molar-refractivity contribution in [2.45, 2.75) is 71.1 Å². The maximum Gasteiger partial charge on any atom is 0.305 e. The lowest BCUT2D eigenvalue weighted by Gasteiger charge is -2.14. The molecule has 2 heterocycles. The van der Waals surface area contributed by atoms with Gasteiger partial charge in [-0.2, -0.15) is 0 Å². The van der Waals surface area contributed by atoms with E-state index in [1.807, 2.05) is 6.92 Å². The van der Waals surface area contributed by atoms with Gasteiger partial charge < -0.3 is 14.5 Å². The van der Waals surface area contributed by atoms with E-state index < -0.39 is 10.0 Å². The molecule has 0 bridgehead atoms. The third kappa shape index (κ3) is 6.37. The van der Waals surface area contributed by atoms with Gasteiger partial charge in [-0.05, 0) is 58.2 Å². The summed E-state index contributed by atoms with van der Waals surface area (Å²) >= 11 is 0. The lowest BCUT2D eigenvalue weighted by Crippen LogP contribution is -2.25. The number of nitrogens with zero attached hydrogens (tertiary/aromatic N) is 3. The van der Waals surface area contributed by atoms with E-state index in [0.717, 1.165) is 12.8 Å². The maximum absolute atomic E-state index is 13.1. The molecule has 0 aliphatic rings. The summed E-state index contributed by atoms with van der Waals surface area (Å²) < 4.78 is 40.6. The molecule has 0 aliphatic carbocycles. The Morgan fingerprint density at radius 3 is 2.54 bits per heavy atom. The fraction of sp³-hybridized carbons (Fsp3) is 0.520. The highest BCUT2D eigenvalue weighted by Gasteiger charge is 2.23. The maximum atomic E-state index is 13.1. The second-order valence-corrected chi connectivity index (χ2v) is 10.3. The lowest BCUT2D eigenvalue weighted by molar-refractivity contribution is -0.143. The highest BCUT2D eigenvalue weighted by Crippen LogP contribution is 2.31. The molecule has 3 aromatic rings. The fourth-order valence-corrected chi connectivity index (χ4v) is 5.23. The number of aryl methyl sites for hydroxylation is 1. The van der Waals surface area contributed by atoms with Crippen molar-refractivity contribution in [3.63, 3.8) is 0 Å². The average molecular weight is 534 g/mol. The number of hydrogen-bond acceptors (Lipinski definition) is 8. The zero-order valence-corrected chi connectivity index (χ0v) is 22.8. The Labute approximate surface area is 216 Å². The van der Waals surface area contributed by atoms with Crippen molar-refractivity contribution in [1.82, 2.24) is 24.3 Å². The van der Waals surface area contributed by atoms with Crippen LogP contribution in [0.15, 0.2) is 27.9 Å². The van der Waals surface area contributed by atoms with Crippen LogP contribution >= 0.6 is 0 Å². The van der Waals surface area contributed by atoms with Crippen LogP contribution in [0.4, 0.5) is 0 Å². The van der Waals surface area contributed by atoms with E-state index >= 15 is 0 Å². The van der Waals surface area contributed by atoms with Gasteiger partial charge in [-0.25, -0.2) is 22.6 Å². The van der Waals surface area contributed by atoms with Crippen LogP contribution in [0.25, 0.3) is 16.9 Å². The Kier molecular flexibility index (Phi) is 9.44. The number of nitrogens with one attached hydrogen (secondary N) is 2. The predicted molar refractivity (Wildman–Crippen MR) is 139 cm³/mol. The van der Waals surface area contributed by atoms with Crippen LogP contribution in [0.5, 0.6) is 5.75 Å². The SMILES string of the molecule is CCOC(=O)CCCNS(=O)(=O)c1ccc(OCC)c(-c2nn3c(C(CC)CC)nc(C)c3c(=O)[nH]2)c1. The number of aromatic nitrogens is 4. The van der Waals surface area contributed by atoms with Crippen LogP contribution in [0.3, 0.4) is 0 Å². The number of hydrogen-bond donors (Lipinski definition) is 2. The van der Waals surface area contributed by atoms with Gasteiger partial charge in [0.15, 0.2) is 11.3 Å². The fourth-order valence-electron chi connectivity index (χ4n) is 4.13. The first-order chi connectivity index (χ1) is 17.7. The quantitative estimate of drug-likeness (QED) is 0.251.